The van der Waals surface area contributed by atoms with Gasteiger partial charge in [0, 0.05) is 22.9 Å². The summed E-state index contributed by atoms with van der Waals surface area (Å²) >= 11 is 0. The van der Waals surface area contributed by atoms with Crippen molar-refractivity contribution in [3.05, 3.63) is 76.9 Å². The van der Waals surface area contributed by atoms with Gasteiger partial charge in [0.15, 0.2) is 23.0 Å². The lowest BCUT2D eigenvalue weighted by Gasteiger charge is -2.26. The van der Waals surface area contributed by atoms with E-state index in [4.69, 9.17) is 23.7 Å². The number of fused-ring (bicyclic) bond motifs is 1. The molecule has 2 aliphatic rings. The minimum Gasteiger partial charge on any atom is -0.507 e. The van der Waals surface area contributed by atoms with Crippen molar-refractivity contribution in [2.45, 2.75) is 32.2 Å². The normalized spacial score (nSPS) is 17.8. The molecular weight excluding hydrogens is 514 g/mol. The quantitative estimate of drug-likeness (QED) is 0.251. The standard InChI is InChI=1S/C31H31NO8/c1-31(2,3)20-13-18(8-10-21(20)36-4)28(33)26-27(17-7-11-22(37-5)24(14-17)38-6)32(30(35)29(26)34)19-9-12-23-25(15-19)40-16-39-23/h7-15,27,33H,16H2,1-6H3/b28-26+. The highest BCUT2D eigenvalue weighted by Gasteiger charge is 2.47. The second kappa shape index (κ2) is 10.1. The maximum atomic E-state index is 13.7. The predicted molar refractivity (Wildman–Crippen MR) is 149 cm³/mol. The summed E-state index contributed by atoms with van der Waals surface area (Å²) in [5.74, 6) is 0.641. The summed E-state index contributed by atoms with van der Waals surface area (Å²) in [7, 11) is 4.60. The van der Waals surface area contributed by atoms with E-state index in [2.05, 4.69) is 0 Å². The summed E-state index contributed by atoms with van der Waals surface area (Å²) < 4.78 is 27.4. The zero-order valence-electron chi connectivity index (χ0n) is 23.2. The summed E-state index contributed by atoms with van der Waals surface area (Å²) in [5.41, 5.74) is 1.81. The topological polar surface area (TPSA) is 104 Å². The maximum absolute atomic E-state index is 13.7. The van der Waals surface area contributed by atoms with Crippen LogP contribution in [0, 0.1) is 0 Å². The van der Waals surface area contributed by atoms with Crippen molar-refractivity contribution < 1.29 is 38.4 Å². The fourth-order valence-corrected chi connectivity index (χ4v) is 5.07. The Kier molecular flexibility index (Phi) is 6.83. The summed E-state index contributed by atoms with van der Waals surface area (Å²) in [5, 5.41) is 11.7. The van der Waals surface area contributed by atoms with Gasteiger partial charge in [-0.1, -0.05) is 26.8 Å². The van der Waals surface area contributed by atoms with Crippen molar-refractivity contribution in [2.75, 3.05) is 33.0 Å². The first-order valence-corrected chi connectivity index (χ1v) is 12.7. The van der Waals surface area contributed by atoms with Crippen LogP contribution in [-0.4, -0.2) is 44.9 Å². The van der Waals surface area contributed by atoms with Gasteiger partial charge in [-0.15, -0.1) is 0 Å². The average molecular weight is 546 g/mol. The van der Waals surface area contributed by atoms with Gasteiger partial charge < -0.3 is 28.8 Å². The molecule has 9 nitrogen and oxygen atoms in total. The number of anilines is 1. The van der Waals surface area contributed by atoms with Gasteiger partial charge in [-0.2, -0.15) is 0 Å². The number of hydrogen-bond acceptors (Lipinski definition) is 8. The Hall–Kier alpha value is -4.66. The fourth-order valence-electron chi connectivity index (χ4n) is 5.07. The van der Waals surface area contributed by atoms with Gasteiger partial charge in [-0.3, -0.25) is 14.5 Å². The summed E-state index contributed by atoms with van der Waals surface area (Å²) in [6.07, 6.45) is 0. The number of amides is 1. The lowest BCUT2D eigenvalue weighted by atomic mass is 9.84. The number of rotatable bonds is 6. The lowest BCUT2D eigenvalue weighted by molar-refractivity contribution is -0.132. The molecule has 0 spiro atoms. The Morgan fingerprint density at radius 2 is 1.52 bits per heavy atom. The second-order valence-corrected chi connectivity index (χ2v) is 10.5. The van der Waals surface area contributed by atoms with Gasteiger partial charge >= 0.3 is 0 Å². The summed E-state index contributed by atoms with van der Waals surface area (Å²) in [4.78, 5) is 28.6. The number of aliphatic hydroxyl groups excluding tert-OH is 1. The van der Waals surface area contributed by atoms with Gasteiger partial charge in [0.2, 0.25) is 6.79 Å². The van der Waals surface area contributed by atoms with E-state index >= 15 is 0 Å². The Labute approximate surface area is 232 Å². The van der Waals surface area contributed by atoms with Gasteiger partial charge in [-0.25, -0.2) is 0 Å². The first-order chi connectivity index (χ1) is 19.1. The van der Waals surface area contributed by atoms with Crippen molar-refractivity contribution in [3.8, 4) is 28.7 Å². The zero-order chi connectivity index (χ0) is 28.8. The van der Waals surface area contributed by atoms with E-state index in [1.807, 2.05) is 20.8 Å². The van der Waals surface area contributed by atoms with Gasteiger partial charge in [-0.05, 0) is 53.4 Å². The van der Waals surface area contributed by atoms with E-state index in [9.17, 15) is 14.7 Å². The molecule has 1 fully saturated rings. The van der Waals surface area contributed by atoms with Crippen molar-refractivity contribution >= 4 is 23.1 Å². The van der Waals surface area contributed by atoms with E-state index in [-0.39, 0.29) is 23.5 Å². The van der Waals surface area contributed by atoms with Crippen molar-refractivity contribution in [2.24, 2.45) is 0 Å². The van der Waals surface area contributed by atoms with Gasteiger partial charge in [0.1, 0.15) is 11.5 Å². The molecule has 0 radical (unpaired) electrons. The third-order valence-corrected chi connectivity index (χ3v) is 7.08. The highest BCUT2D eigenvalue weighted by Crippen LogP contribution is 2.46. The molecule has 0 saturated carbocycles. The predicted octanol–water partition coefficient (Wildman–Crippen LogP) is 5.36. The highest BCUT2D eigenvalue weighted by atomic mass is 16.7. The van der Waals surface area contributed by atoms with E-state index < -0.39 is 17.7 Å². The first-order valence-electron chi connectivity index (χ1n) is 12.7. The van der Waals surface area contributed by atoms with Gasteiger partial charge in [0.05, 0.1) is 32.9 Å². The molecule has 1 atom stereocenters. The minimum atomic E-state index is -0.972. The Bertz CT molecular complexity index is 1530. The molecule has 0 bridgehead atoms. The molecule has 1 N–H and O–H groups in total. The van der Waals surface area contributed by atoms with Crippen LogP contribution in [0.4, 0.5) is 5.69 Å². The van der Waals surface area contributed by atoms with Crippen LogP contribution in [-0.2, 0) is 15.0 Å². The van der Waals surface area contributed by atoms with Crippen LogP contribution in [0.5, 0.6) is 28.7 Å². The molecule has 0 aromatic heterocycles. The Balaban J connectivity index is 1.74. The number of benzene rings is 3. The maximum Gasteiger partial charge on any atom is 0.300 e. The van der Waals surface area contributed by atoms with Crippen LogP contribution in [0.1, 0.15) is 43.5 Å². The van der Waals surface area contributed by atoms with Crippen LogP contribution in [0.15, 0.2) is 60.2 Å². The van der Waals surface area contributed by atoms with Crippen molar-refractivity contribution in [1.29, 1.82) is 0 Å². The number of ketones is 1. The number of methoxy groups -OCH3 is 3. The molecule has 1 unspecified atom stereocenters. The molecular formula is C31H31NO8. The third kappa shape index (κ3) is 4.47. The molecule has 208 valence electrons. The van der Waals surface area contributed by atoms with E-state index in [0.717, 1.165) is 5.56 Å². The van der Waals surface area contributed by atoms with Crippen LogP contribution in [0.3, 0.4) is 0 Å². The SMILES string of the molecule is COc1ccc(C2/C(=C(\O)c3ccc(OC)c(C(C)(C)C)c3)C(=O)C(=O)N2c2ccc3c(c2)OCO3)cc1OC. The third-order valence-electron chi connectivity index (χ3n) is 7.08. The molecule has 5 rings (SSSR count). The highest BCUT2D eigenvalue weighted by molar-refractivity contribution is 6.51. The molecule has 2 aliphatic heterocycles. The monoisotopic (exact) mass is 545 g/mol. The molecule has 40 heavy (non-hydrogen) atoms. The number of carbonyl (C=O) groups excluding carboxylic acids is 2. The molecule has 3 aromatic rings. The van der Waals surface area contributed by atoms with Crippen LogP contribution < -0.4 is 28.6 Å². The van der Waals surface area contributed by atoms with E-state index in [0.29, 0.717) is 45.6 Å². The number of ether oxygens (including phenoxy) is 5. The smallest absolute Gasteiger partial charge is 0.300 e. The number of nitrogens with zero attached hydrogens (tertiary/aromatic N) is 1. The first kappa shape index (κ1) is 26.9. The van der Waals surface area contributed by atoms with E-state index in [1.54, 1.807) is 61.7 Å². The second-order valence-electron chi connectivity index (χ2n) is 10.5. The van der Waals surface area contributed by atoms with Crippen molar-refractivity contribution in [1.82, 2.24) is 0 Å². The number of hydrogen-bond donors (Lipinski definition) is 1. The summed E-state index contributed by atoms with van der Waals surface area (Å²) in [6.45, 7) is 6.13. The lowest BCUT2D eigenvalue weighted by Crippen LogP contribution is -2.29. The van der Waals surface area contributed by atoms with Crippen LogP contribution in [0.25, 0.3) is 5.76 Å². The molecule has 1 amide bonds. The molecule has 0 aliphatic carbocycles. The number of carbonyl (C=O) groups is 2. The van der Waals surface area contributed by atoms with Crippen LogP contribution >= 0.6 is 0 Å². The van der Waals surface area contributed by atoms with Gasteiger partial charge in [0.25, 0.3) is 11.7 Å². The van der Waals surface area contributed by atoms with Crippen LogP contribution in [0.2, 0.25) is 0 Å². The Morgan fingerprint density at radius 3 is 2.20 bits per heavy atom. The fraction of sp³-hybridized carbons (Fsp3) is 0.290. The average Bonchev–Trinajstić information content (AvgIpc) is 3.52. The molecule has 1 saturated heterocycles. The number of Topliss-reactive ketones (excluding diaryl/α,β-unsaturated/α-hetero) is 1. The molecule has 3 aromatic carbocycles. The minimum absolute atomic E-state index is 0.0556. The molecule has 9 heteroatoms. The summed E-state index contributed by atoms with van der Waals surface area (Å²) in [6, 6.07) is 14.4. The largest absolute Gasteiger partial charge is 0.507 e. The Morgan fingerprint density at radius 1 is 0.850 bits per heavy atom. The molecule has 2 heterocycles. The van der Waals surface area contributed by atoms with Crippen molar-refractivity contribution in [3.63, 3.8) is 0 Å². The number of aliphatic hydroxyl groups is 1. The zero-order valence-corrected chi connectivity index (χ0v) is 23.2. The van der Waals surface area contributed by atoms with E-state index in [1.165, 1.54) is 19.1 Å².